The minimum absolute atomic E-state index is 0.848. The van der Waals surface area contributed by atoms with E-state index in [9.17, 15) is 0 Å². The molecule has 0 saturated carbocycles. The van der Waals surface area contributed by atoms with E-state index in [1.165, 1.54) is 107 Å². The van der Waals surface area contributed by atoms with Gasteiger partial charge in [-0.2, -0.15) is 0 Å². The van der Waals surface area contributed by atoms with Gasteiger partial charge in [0.1, 0.15) is 0 Å². The summed E-state index contributed by atoms with van der Waals surface area (Å²) < 4.78 is 0. The highest BCUT2D eigenvalue weighted by Gasteiger charge is 2.03. The molecule has 1 aromatic carbocycles. The van der Waals surface area contributed by atoms with Crippen molar-refractivity contribution < 1.29 is 0 Å². The molecular formula is C30H48N2. The van der Waals surface area contributed by atoms with E-state index < -0.39 is 0 Å². The van der Waals surface area contributed by atoms with Crippen LogP contribution in [0.1, 0.15) is 122 Å². The first kappa shape index (κ1) is 26.6. The number of hydrogen-bond donors (Lipinski definition) is 0. The van der Waals surface area contributed by atoms with Gasteiger partial charge in [-0.25, -0.2) is 9.97 Å². The Labute approximate surface area is 198 Å². The third kappa shape index (κ3) is 11.8. The second kappa shape index (κ2) is 16.9. The Kier molecular flexibility index (Phi) is 14.0. The van der Waals surface area contributed by atoms with Crippen molar-refractivity contribution in [3.63, 3.8) is 0 Å². The van der Waals surface area contributed by atoms with Crippen LogP contribution in [-0.2, 0) is 12.8 Å². The Hall–Kier alpha value is -1.70. The second-order valence-corrected chi connectivity index (χ2v) is 10.0. The zero-order valence-corrected chi connectivity index (χ0v) is 21.2. The molecule has 0 aliphatic carbocycles. The second-order valence-electron chi connectivity index (χ2n) is 10.0. The molecule has 0 aliphatic heterocycles. The van der Waals surface area contributed by atoms with Crippen molar-refractivity contribution in [2.45, 2.75) is 124 Å². The summed E-state index contributed by atoms with van der Waals surface area (Å²) in [6, 6.07) is 8.89. The average Bonchev–Trinajstić information content (AvgIpc) is 2.81. The van der Waals surface area contributed by atoms with Crippen LogP contribution in [-0.4, -0.2) is 9.97 Å². The van der Waals surface area contributed by atoms with Crippen LogP contribution in [0.25, 0.3) is 11.4 Å². The molecule has 1 heterocycles. The van der Waals surface area contributed by atoms with E-state index in [1.807, 2.05) is 12.4 Å². The molecule has 2 aromatic rings. The zero-order valence-electron chi connectivity index (χ0n) is 21.2. The molecule has 0 spiro atoms. The van der Waals surface area contributed by atoms with Gasteiger partial charge in [-0.3, -0.25) is 0 Å². The van der Waals surface area contributed by atoms with Crippen LogP contribution in [0.15, 0.2) is 36.7 Å². The number of rotatable bonds is 18. The molecule has 0 atom stereocenters. The van der Waals surface area contributed by atoms with Crippen molar-refractivity contribution in [3.8, 4) is 11.4 Å². The molecule has 0 fully saturated rings. The number of aromatic nitrogens is 2. The van der Waals surface area contributed by atoms with E-state index in [0.29, 0.717) is 0 Å². The largest absolute Gasteiger partial charge is 0.236 e. The van der Waals surface area contributed by atoms with Gasteiger partial charge < -0.3 is 0 Å². The third-order valence-corrected chi connectivity index (χ3v) is 6.48. The molecule has 0 saturated heterocycles. The van der Waals surface area contributed by atoms with Gasteiger partial charge in [-0.15, -0.1) is 0 Å². The molecule has 0 unspecified atom stereocenters. The van der Waals surface area contributed by atoms with Gasteiger partial charge in [-0.1, -0.05) is 122 Å². The molecule has 0 N–H and O–H groups in total. The lowest BCUT2D eigenvalue weighted by atomic mass is 10.0. The predicted molar refractivity (Wildman–Crippen MR) is 140 cm³/mol. The van der Waals surface area contributed by atoms with Crippen molar-refractivity contribution in [2.75, 3.05) is 0 Å². The highest BCUT2D eigenvalue weighted by Crippen LogP contribution is 2.18. The lowest BCUT2D eigenvalue weighted by Crippen LogP contribution is -1.94. The fourth-order valence-corrected chi connectivity index (χ4v) is 4.33. The van der Waals surface area contributed by atoms with Crippen LogP contribution in [0.2, 0.25) is 0 Å². The highest BCUT2D eigenvalue weighted by molar-refractivity contribution is 5.55. The van der Waals surface area contributed by atoms with Crippen LogP contribution in [0.5, 0.6) is 0 Å². The summed E-state index contributed by atoms with van der Waals surface area (Å²) in [7, 11) is 0. The standard InChI is InChI=1S/C30H48N2/c1-4-5-6-7-12-16-19-28-24-31-30(32-25-28)29-22-20-27(21-23-29)18-15-13-10-8-9-11-14-17-26(2)3/h20-26H,4-19H2,1-3H3. The minimum Gasteiger partial charge on any atom is -0.236 e. The van der Waals surface area contributed by atoms with Gasteiger partial charge in [0, 0.05) is 18.0 Å². The molecule has 32 heavy (non-hydrogen) atoms. The Bertz CT molecular complexity index is 688. The van der Waals surface area contributed by atoms with Crippen molar-refractivity contribution in [1.29, 1.82) is 0 Å². The quantitative estimate of drug-likeness (QED) is 0.217. The molecule has 2 nitrogen and oxygen atoms in total. The van der Waals surface area contributed by atoms with Crippen LogP contribution in [0, 0.1) is 5.92 Å². The van der Waals surface area contributed by atoms with Gasteiger partial charge >= 0.3 is 0 Å². The normalized spacial score (nSPS) is 11.4. The van der Waals surface area contributed by atoms with Gasteiger partial charge in [-0.05, 0) is 42.7 Å². The Morgan fingerprint density at radius 1 is 0.594 bits per heavy atom. The number of aryl methyl sites for hydroxylation is 2. The highest BCUT2D eigenvalue weighted by atomic mass is 14.9. The maximum atomic E-state index is 4.62. The summed E-state index contributed by atoms with van der Waals surface area (Å²) in [6.07, 6.45) is 25.4. The number of hydrogen-bond acceptors (Lipinski definition) is 2. The van der Waals surface area contributed by atoms with Crippen LogP contribution < -0.4 is 0 Å². The van der Waals surface area contributed by atoms with Crippen LogP contribution >= 0.6 is 0 Å². The van der Waals surface area contributed by atoms with Crippen molar-refractivity contribution >= 4 is 0 Å². The fourth-order valence-electron chi connectivity index (χ4n) is 4.33. The fraction of sp³-hybridized carbons (Fsp3) is 0.667. The maximum Gasteiger partial charge on any atom is 0.159 e. The van der Waals surface area contributed by atoms with Gasteiger partial charge in [0.15, 0.2) is 5.82 Å². The summed E-state index contributed by atoms with van der Waals surface area (Å²) in [5.41, 5.74) is 3.83. The maximum absolute atomic E-state index is 4.62. The third-order valence-electron chi connectivity index (χ3n) is 6.48. The smallest absolute Gasteiger partial charge is 0.159 e. The van der Waals surface area contributed by atoms with E-state index in [4.69, 9.17) is 0 Å². The van der Waals surface area contributed by atoms with E-state index in [2.05, 4.69) is 55.0 Å². The van der Waals surface area contributed by atoms with Crippen LogP contribution in [0.4, 0.5) is 0 Å². The number of nitrogens with zero attached hydrogens (tertiary/aromatic N) is 2. The minimum atomic E-state index is 0.848. The zero-order chi connectivity index (χ0) is 22.9. The van der Waals surface area contributed by atoms with Crippen LogP contribution in [0.3, 0.4) is 0 Å². The molecule has 0 amide bonds. The Morgan fingerprint density at radius 3 is 1.66 bits per heavy atom. The molecule has 0 aliphatic rings. The first-order chi connectivity index (χ1) is 15.7. The first-order valence-electron chi connectivity index (χ1n) is 13.6. The molecule has 0 radical (unpaired) electrons. The number of unbranched alkanes of at least 4 members (excludes halogenated alkanes) is 11. The Balaban J connectivity index is 1.60. The van der Waals surface area contributed by atoms with Crippen molar-refractivity contribution in [3.05, 3.63) is 47.8 Å². The van der Waals surface area contributed by atoms with Gasteiger partial charge in [0.25, 0.3) is 0 Å². The van der Waals surface area contributed by atoms with E-state index >= 15 is 0 Å². The topological polar surface area (TPSA) is 25.8 Å². The summed E-state index contributed by atoms with van der Waals surface area (Å²) >= 11 is 0. The lowest BCUT2D eigenvalue weighted by molar-refractivity contribution is 0.509. The summed E-state index contributed by atoms with van der Waals surface area (Å²) in [5, 5.41) is 0. The SMILES string of the molecule is CCCCCCCCc1cnc(-c2ccc(CCCCCCCCCC(C)C)cc2)nc1. The molecule has 1 aromatic heterocycles. The summed E-state index contributed by atoms with van der Waals surface area (Å²) in [6.45, 7) is 6.92. The lowest BCUT2D eigenvalue weighted by Gasteiger charge is -2.06. The Morgan fingerprint density at radius 2 is 1.09 bits per heavy atom. The van der Waals surface area contributed by atoms with Crippen molar-refractivity contribution in [2.24, 2.45) is 5.92 Å². The monoisotopic (exact) mass is 436 g/mol. The first-order valence-corrected chi connectivity index (χ1v) is 13.6. The number of benzene rings is 1. The predicted octanol–water partition coefficient (Wildman–Crippen LogP) is 9.37. The van der Waals surface area contributed by atoms with E-state index in [0.717, 1.165) is 23.7 Å². The summed E-state index contributed by atoms with van der Waals surface area (Å²) in [4.78, 5) is 9.24. The average molecular weight is 437 g/mol. The van der Waals surface area contributed by atoms with Gasteiger partial charge in [0.2, 0.25) is 0 Å². The van der Waals surface area contributed by atoms with Crippen molar-refractivity contribution in [1.82, 2.24) is 9.97 Å². The van der Waals surface area contributed by atoms with Gasteiger partial charge in [0.05, 0.1) is 0 Å². The van der Waals surface area contributed by atoms with E-state index in [-0.39, 0.29) is 0 Å². The molecule has 0 bridgehead atoms. The van der Waals surface area contributed by atoms with E-state index in [1.54, 1.807) is 0 Å². The molecular weight excluding hydrogens is 388 g/mol. The molecule has 2 heteroatoms. The summed E-state index contributed by atoms with van der Waals surface area (Å²) in [5.74, 6) is 1.71. The molecule has 178 valence electrons. The molecule has 2 rings (SSSR count).